The van der Waals surface area contributed by atoms with Crippen molar-refractivity contribution in [3.05, 3.63) is 0 Å². The average Bonchev–Trinajstić information content (AvgIpc) is 2.39. The highest BCUT2D eigenvalue weighted by Crippen LogP contribution is 2.39. The Hall–Kier alpha value is -0.430. The molecule has 2 heterocycles. The SMILES string of the molecule is N[C@H]1CCS[C@H]2CC[C@H](C(F)(F)F)CN2C1=O. The summed E-state index contributed by atoms with van der Waals surface area (Å²) in [4.78, 5) is 13.2. The van der Waals surface area contributed by atoms with E-state index in [9.17, 15) is 18.0 Å². The smallest absolute Gasteiger partial charge is 0.329 e. The quantitative estimate of drug-likeness (QED) is 0.725. The van der Waals surface area contributed by atoms with Crippen LogP contribution < -0.4 is 5.73 Å². The van der Waals surface area contributed by atoms with Crippen LogP contribution in [0.2, 0.25) is 0 Å². The van der Waals surface area contributed by atoms with E-state index >= 15 is 0 Å². The van der Waals surface area contributed by atoms with Crippen LogP contribution in [-0.2, 0) is 4.79 Å². The minimum absolute atomic E-state index is 0.111. The fourth-order valence-corrected chi connectivity index (χ4v) is 3.62. The normalized spacial score (nSPS) is 35.4. The van der Waals surface area contributed by atoms with Crippen LogP contribution in [-0.4, -0.2) is 40.7 Å². The first-order valence-corrected chi connectivity index (χ1v) is 6.69. The molecule has 2 fully saturated rings. The van der Waals surface area contributed by atoms with Crippen LogP contribution in [0.15, 0.2) is 0 Å². The van der Waals surface area contributed by atoms with Crippen LogP contribution in [0.1, 0.15) is 19.3 Å². The Bertz CT molecular complexity index is 310. The number of nitrogens with two attached hydrogens (primary N) is 1. The number of rotatable bonds is 0. The lowest BCUT2D eigenvalue weighted by Gasteiger charge is -2.39. The first-order valence-electron chi connectivity index (χ1n) is 5.64. The van der Waals surface area contributed by atoms with Gasteiger partial charge in [-0.3, -0.25) is 4.79 Å². The molecule has 2 aliphatic rings. The van der Waals surface area contributed by atoms with Crippen LogP contribution >= 0.6 is 11.8 Å². The van der Waals surface area contributed by atoms with E-state index in [4.69, 9.17) is 5.73 Å². The average molecular weight is 268 g/mol. The van der Waals surface area contributed by atoms with Gasteiger partial charge < -0.3 is 10.6 Å². The molecule has 0 spiro atoms. The summed E-state index contributed by atoms with van der Waals surface area (Å²) in [5, 5.41) is -0.116. The van der Waals surface area contributed by atoms with E-state index in [1.54, 1.807) is 11.8 Å². The molecule has 0 bridgehead atoms. The second kappa shape index (κ2) is 4.68. The summed E-state index contributed by atoms with van der Waals surface area (Å²) in [6.07, 6.45) is -3.15. The molecule has 3 nitrogen and oxygen atoms in total. The molecule has 2 aliphatic heterocycles. The zero-order valence-corrected chi connectivity index (χ0v) is 10.1. The molecule has 7 heteroatoms. The van der Waals surface area contributed by atoms with Gasteiger partial charge in [0.2, 0.25) is 5.91 Å². The van der Waals surface area contributed by atoms with Crippen LogP contribution in [0.25, 0.3) is 0 Å². The van der Waals surface area contributed by atoms with E-state index in [2.05, 4.69) is 0 Å². The van der Waals surface area contributed by atoms with Gasteiger partial charge in [-0.2, -0.15) is 13.2 Å². The minimum Gasteiger partial charge on any atom is -0.329 e. The number of hydrogen-bond donors (Lipinski definition) is 1. The van der Waals surface area contributed by atoms with Crippen LogP contribution in [0.3, 0.4) is 0 Å². The standard InChI is InChI=1S/C10H15F3N2OS/c11-10(12,13)6-1-2-8-15(5-6)9(16)7(14)3-4-17-8/h6-8H,1-5,14H2/t6-,7-,8-/m0/s1. The summed E-state index contributed by atoms with van der Waals surface area (Å²) in [6.45, 7) is -0.228. The third-order valence-electron chi connectivity index (χ3n) is 3.33. The molecule has 0 aromatic heterocycles. The molecule has 0 aliphatic carbocycles. The van der Waals surface area contributed by atoms with Gasteiger partial charge in [0, 0.05) is 6.54 Å². The molecule has 0 aromatic rings. The maximum atomic E-state index is 12.6. The Morgan fingerprint density at radius 3 is 2.65 bits per heavy atom. The van der Waals surface area contributed by atoms with Gasteiger partial charge in [0.05, 0.1) is 17.3 Å². The van der Waals surface area contributed by atoms with Crippen molar-refractivity contribution in [2.24, 2.45) is 11.7 Å². The van der Waals surface area contributed by atoms with Crippen LogP contribution in [0.4, 0.5) is 13.2 Å². The molecule has 17 heavy (non-hydrogen) atoms. The van der Waals surface area contributed by atoms with Crippen LogP contribution in [0, 0.1) is 5.92 Å². The van der Waals surface area contributed by atoms with Crippen molar-refractivity contribution in [1.29, 1.82) is 0 Å². The number of carbonyl (C=O) groups is 1. The van der Waals surface area contributed by atoms with Crippen molar-refractivity contribution in [2.75, 3.05) is 12.3 Å². The number of fused-ring (bicyclic) bond motifs is 1. The van der Waals surface area contributed by atoms with E-state index < -0.39 is 18.1 Å². The second-order valence-corrected chi connectivity index (χ2v) is 5.81. The largest absolute Gasteiger partial charge is 0.393 e. The van der Waals surface area contributed by atoms with Crippen LogP contribution in [0.5, 0.6) is 0 Å². The maximum Gasteiger partial charge on any atom is 0.393 e. The molecular weight excluding hydrogens is 253 g/mol. The van der Waals surface area contributed by atoms with Gasteiger partial charge in [-0.1, -0.05) is 0 Å². The molecule has 0 saturated carbocycles. The summed E-state index contributed by atoms with van der Waals surface area (Å²) >= 11 is 1.55. The van der Waals surface area contributed by atoms with E-state index in [-0.39, 0.29) is 24.2 Å². The third kappa shape index (κ3) is 2.70. The topological polar surface area (TPSA) is 46.3 Å². The van der Waals surface area contributed by atoms with Crippen molar-refractivity contribution in [1.82, 2.24) is 4.90 Å². The lowest BCUT2D eigenvalue weighted by molar-refractivity contribution is -0.189. The first-order chi connectivity index (χ1) is 7.89. The fraction of sp³-hybridized carbons (Fsp3) is 0.900. The number of amides is 1. The van der Waals surface area contributed by atoms with E-state index in [1.165, 1.54) is 4.90 Å². The fourth-order valence-electron chi connectivity index (χ4n) is 2.29. The molecule has 2 rings (SSSR count). The Morgan fingerprint density at radius 2 is 2.00 bits per heavy atom. The molecule has 0 unspecified atom stereocenters. The monoisotopic (exact) mass is 268 g/mol. The summed E-state index contributed by atoms with van der Waals surface area (Å²) in [7, 11) is 0. The molecule has 98 valence electrons. The lowest BCUT2D eigenvalue weighted by atomic mass is 9.96. The highest BCUT2D eigenvalue weighted by molar-refractivity contribution is 7.99. The Balaban J connectivity index is 2.12. The molecule has 2 saturated heterocycles. The van der Waals surface area contributed by atoms with Crippen molar-refractivity contribution < 1.29 is 18.0 Å². The minimum atomic E-state index is -4.22. The zero-order valence-electron chi connectivity index (χ0n) is 9.24. The van der Waals surface area contributed by atoms with Crippen molar-refractivity contribution in [2.45, 2.75) is 36.9 Å². The summed E-state index contributed by atoms with van der Waals surface area (Å²) in [5.74, 6) is -0.979. The molecule has 0 radical (unpaired) electrons. The van der Waals surface area contributed by atoms with E-state index in [0.717, 1.165) is 5.75 Å². The summed E-state index contributed by atoms with van der Waals surface area (Å²) in [5.41, 5.74) is 5.65. The molecule has 0 aromatic carbocycles. The molecule has 2 N–H and O–H groups in total. The van der Waals surface area contributed by atoms with E-state index in [0.29, 0.717) is 12.8 Å². The molecule has 1 amide bonds. The highest BCUT2D eigenvalue weighted by Gasteiger charge is 2.46. The summed E-state index contributed by atoms with van der Waals surface area (Å²) < 4.78 is 37.9. The highest BCUT2D eigenvalue weighted by atomic mass is 32.2. The van der Waals surface area contributed by atoms with Gasteiger partial charge in [-0.15, -0.1) is 11.8 Å². The third-order valence-corrected chi connectivity index (χ3v) is 4.68. The lowest BCUT2D eigenvalue weighted by Crippen LogP contribution is -2.52. The second-order valence-electron chi connectivity index (χ2n) is 4.53. The Labute approximate surface area is 102 Å². The first kappa shape index (κ1) is 13.0. The van der Waals surface area contributed by atoms with Gasteiger partial charge in [0.15, 0.2) is 0 Å². The number of carbonyl (C=O) groups excluding carboxylic acids is 1. The Morgan fingerprint density at radius 1 is 1.29 bits per heavy atom. The van der Waals surface area contributed by atoms with E-state index in [1.807, 2.05) is 0 Å². The van der Waals surface area contributed by atoms with Gasteiger partial charge >= 0.3 is 6.18 Å². The number of alkyl halides is 3. The Kier molecular flexibility index (Phi) is 3.58. The predicted molar refractivity (Wildman–Crippen MR) is 59.3 cm³/mol. The number of hydrogen-bond acceptors (Lipinski definition) is 3. The van der Waals surface area contributed by atoms with Gasteiger partial charge in [0.25, 0.3) is 0 Å². The van der Waals surface area contributed by atoms with Crippen molar-refractivity contribution in [3.8, 4) is 0 Å². The van der Waals surface area contributed by atoms with Crippen molar-refractivity contribution >= 4 is 17.7 Å². The number of piperidine rings is 1. The number of halogens is 3. The maximum absolute atomic E-state index is 12.6. The van der Waals surface area contributed by atoms with Crippen molar-refractivity contribution in [3.63, 3.8) is 0 Å². The number of thioether (sulfide) groups is 1. The molecule has 3 atom stereocenters. The number of nitrogens with zero attached hydrogens (tertiary/aromatic N) is 1. The van der Waals surface area contributed by atoms with Gasteiger partial charge in [-0.25, -0.2) is 0 Å². The van der Waals surface area contributed by atoms with Gasteiger partial charge in [0.1, 0.15) is 0 Å². The summed E-state index contributed by atoms with van der Waals surface area (Å²) in [6, 6.07) is -0.639. The molecular formula is C10H15F3N2OS. The van der Waals surface area contributed by atoms with Gasteiger partial charge in [-0.05, 0) is 25.0 Å². The predicted octanol–water partition coefficient (Wildman–Crippen LogP) is 1.58. The zero-order chi connectivity index (χ0) is 12.6.